The normalized spacial score (nSPS) is 24.5. The van der Waals surface area contributed by atoms with Crippen molar-refractivity contribution in [1.82, 2.24) is 4.90 Å². The number of carbonyl (C=O) groups excluding carboxylic acids is 1. The van der Waals surface area contributed by atoms with E-state index in [1.54, 1.807) is 5.94 Å². The SMILES string of the molecule is O=C=CCC1CN(Cc2ccccc2)CCC1O. The van der Waals surface area contributed by atoms with E-state index in [9.17, 15) is 9.90 Å². The number of benzene rings is 1. The van der Waals surface area contributed by atoms with Crippen molar-refractivity contribution in [2.75, 3.05) is 13.1 Å². The summed E-state index contributed by atoms with van der Waals surface area (Å²) in [7, 11) is 0. The first-order chi connectivity index (χ1) is 8.79. The smallest absolute Gasteiger partial charge is 0.120 e. The highest BCUT2D eigenvalue weighted by Crippen LogP contribution is 2.21. The summed E-state index contributed by atoms with van der Waals surface area (Å²) < 4.78 is 0. The van der Waals surface area contributed by atoms with Crippen LogP contribution in [0.25, 0.3) is 0 Å². The van der Waals surface area contributed by atoms with Crippen LogP contribution in [0.2, 0.25) is 0 Å². The number of piperidine rings is 1. The average Bonchev–Trinajstić information content (AvgIpc) is 2.40. The average molecular weight is 245 g/mol. The molecule has 18 heavy (non-hydrogen) atoms. The third kappa shape index (κ3) is 3.54. The Morgan fingerprint density at radius 3 is 2.89 bits per heavy atom. The Morgan fingerprint density at radius 2 is 2.17 bits per heavy atom. The van der Waals surface area contributed by atoms with Gasteiger partial charge in [-0.2, -0.15) is 0 Å². The predicted molar refractivity (Wildman–Crippen MR) is 70.7 cm³/mol. The second-order valence-corrected chi connectivity index (χ2v) is 4.89. The fourth-order valence-electron chi connectivity index (χ4n) is 2.51. The molecule has 0 saturated carbocycles. The molecule has 1 fully saturated rings. The third-order valence-electron chi connectivity index (χ3n) is 3.53. The Balaban J connectivity index is 1.92. The van der Waals surface area contributed by atoms with E-state index in [0.717, 1.165) is 26.1 Å². The number of hydrogen-bond donors (Lipinski definition) is 1. The predicted octanol–water partition coefficient (Wildman–Crippen LogP) is 1.65. The van der Waals surface area contributed by atoms with E-state index in [-0.39, 0.29) is 12.0 Å². The van der Waals surface area contributed by atoms with Crippen molar-refractivity contribution in [3.8, 4) is 0 Å². The highest BCUT2D eigenvalue weighted by atomic mass is 16.3. The molecule has 3 heteroatoms. The molecule has 2 unspecified atom stereocenters. The lowest BCUT2D eigenvalue weighted by Crippen LogP contribution is -2.42. The van der Waals surface area contributed by atoms with Gasteiger partial charge in [0.25, 0.3) is 0 Å². The van der Waals surface area contributed by atoms with Gasteiger partial charge >= 0.3 is 0 Å². The van der Waals surface area contributed by atoms with Gasteiger partial charge in [-0.05, 0) is 18.4 Å². The van der Waals surface area contributed by atoms with E-state index >= 15 is 0 Å². The topological polar surface area (TPSA) is 40.5 Å². The highest BCUT2D eigenvalue weighted by Gasteiger charge is 2.26. The molecule has 2 atom stereocenters. The minimum absolute atomic E-state index is 0.156. The molecule has 0 radical (unpaired) electrons. The molecule has 1 heterocycles. The first-order valence-electron chi connectivity index (χ1n) is 6.43. The maximum absolute atomic E-state index is 10.3. The summed E-state index contributed by atoms with van der Waals surface area (Å²) in [5.74, 6) is 1.95. The van der Waals surface area contributed by atoms with Crippen LogP contribution in [0.3, 0.4) is 0 Å². The zero-order valence-corrected chi connectivity index (χ0v) is 10.5. The molecule has 0 aliphatic carbocycles. The number of rotatable bonds is 4. The Hall–Kier alpha value is -1.41. The van der Waals surface area contributed by atoms with Crippen molar-refractivity contribution >= 4 is 5.94 Å². The van der Waals surface area contributed by atoms with Gasteiger partial charge < -0.3 is 5.11 Å². The van der Waals surface area contributed by atoms with Crippen LogP contribution < -0.4 is 0 Å². The minimum Gasteiger partial charge on any atom is -0.393 e. The molecule has 1 aromatic carbocycles. The van der Waals surface area contributed by atoms with Crippen LogP contribution in [0.4, 0.5) is 0 Å². The fraction of sp³-hybridized carbons (Fsp3) is 0.467. The Labute approximate surface area is 108 Å². The molecule has 0 aromatic heterocycles. The molecule has 1 aromatic rings. The lowest BCUT2D eigenvalue weighted by atomic mass is 9.91. The van der Waals surface area contributed by atoms with E-state index in [4.69, 9.17) is 0 Å². The molecular formula is C15H19NO2. The number of likely N-dealkylation sites (tertiary alicyclic amines) is 1. The highest BCUT2D eigenvalue weighted by molar-refractivity contribution is 5.44. The van der Waals surface area contributed by atoms with Gasteiger partial charge in [0.05, 0.1) is 6.10 Å². The van der Waals surface area contributed by atoms with Crippen molar-refractivity contribution in [2.45, 2.75) is 25.5 Å². The van der Waals surface area contributed by atoms with E-state index in [1.807, 2.05) is 18.2 Å². The third-order valence-corrected chi connectivity index (χ3v) is 3.53. The summed E-state index contributed by atoms with van der Waals surface area (Å²) in [5.41, 5.74) is 1.29. The van der Waals surface area contributed by atoms with E-state index < -0.39 is 0 Å². The molecule has 96 valence electrons. The summed E-state index contributed by atoms with van der Waals surface area (Å²) in [5, 5.41) is 9.90. The molecule has 2 rings (SSSR count). The molecule has 0 spiro atoms. The maximum Gasteiger partial charge on any atom is 0.120 e. The summed E-state index contributed by atoms with van der Waals surface area (Å²) in [6.45, 7) is 2.67. The van der Waals surface area contributed by atoms with Gasteiger partial charge in [0.1, 0.15) is 5.94 Å². The molecule has 1 aliphatic heterocycles. The number of aliphatic hydroxyl groups excluding tert-OH is 1. The zero-order chi connectivity index (χ0) is 12.8. The number of aliphatic hydroxyl groups is 1. The molecular weight excluding hydrogens is 226 g/mol. The fourth-order valence-corrected chi connectivity index (χ4v) is 2.51. The molecule has 3 nitrogen and oxygen atoms in total. The first-order valence-corrected chi connectivity index (χ1v) is 6.43. The molecule has 0 amide bonds. The van der Waals surface area contributed by atoms with Gasteiger partial charge in [0.2, 0.25) is 0 Å². The van der Waals surface area contributed by atoms with Gasteiger partial charge in [-0.25, -0.2) is 4.79 Å². The summed E-state index contributed by atoms with van der Waals surface area (Å²) in [6, 6.07) is 10.3. The second kappa shape index (κ2) is 6.50. The zero-order valence-electron chi connectivity index (χ0n) is 10.5. The lowest BCUT2D eigenvalue weighted by Gasteiger charge is -2.35. The van der Waals surface area contributed by atoms with Crippen LogP contribution in [0.5, 0.6) is 0 Å². The van der Waals surface area contributed by atoms with Crippen LogP contribution in [0.1, 0.15) is 18.4 Å². The molecule has 1 N–H and O–H groups in total. The van der Waals surface area contributed by atoms with Crippen molar-refractivity contribution < 1.29 is 9.90 Å². The van der Waals surface area contributed by atoms with Gasteiger partial charge in [-0.1, -0.05) is 30.3 Å². The Morgan fingerprint density at radius 1 is 1.39 bits per heavy atom. The van der Waals surface area contributed by atoms with E-state index in [0.29, 0.717) is 6.42 Å². The van der Waals surface area contributed by atoms with Crippen LogP contribution in [-0.4, -0.2) is 35.1 Å². The second-order valence-electron chi connectivity index (χ2n) is 4.89. The summed E-state index contributed by atoms with van der Waals surface area (Å²) >= 11 is 0. The van der Waals surface area contributed by atoms with Crippen molar-refractivity contribution in [3.63, 3.8) is 0 Å². The van der Waals surface area contributed by atoms with E-state index in [2.05, 4.69) is 17.0 Å². The van der Waals surface area contributed by atoms with Crippen LogP contribution in [0.15, 0.2) is 36.4 Å². The van der Waals surface area contributed by atoms with Crippen LogP contribution >= 0.6 is 0 Å². The molecule has 1 saturated heterocycles. The number of nitrogens with zero attached hydrogens (tertiary/aromatic N) is 1. The quantitative estimate of drug-likeness (QED) is 0.820. The Bertz CT molecular complexity index is 412. The largest absolute Gasteiger partial charge is 0.393 e. The van der Waals surface area contributed by atoms with Crippen molar-refractivity contribution in [1.29, 1.82) is 0 Å². The van der Waals surface area contributed by atoms with Gasteiger partial charge in [0, 0.05) is 31.6 Å². The van der Waals surface area contributed by atoms with Crippen molar-refractivity contribution in [2.24, 2.45) is 5.92 Å². The van der Waals surface area contributed by atoms with Crippen LogP contribution in [-0.2, 0) is 11.3 Å². The monoisotopic (exact) mass is 245 g/mol. The van der Waals surface area contributed by atoms with Gasteiger partial charge in [-0.3, -0.25) is 4.90 Å². The first kappa shape index (κ1) is 13.0. The van der Waals surface area contributed by atoms with E-state index in [1.165, 1.54) is 11.6 Å². The van der Waals surface area contributed by atoms with Gasteiger partial charge in [-0.15, -0.1) is 0 Å². The number of hydrogen-bond acceptors (Lipinski definition) is 3. The minimum atomic E-state index is -0.290. The Kier molecular flexibility index (Phi) is 4.71. The maximum atomic E-state index is 10.3. The summed E-state index contributed by atoms with van der Waals surface area (Å²) in [4.78, 5) is 12.6. The molecule has 0 bridgehead atoms. The standard InChI is InChI=1S/C15H19NO2/c17-10-4-7-14-12-16(9-8-15(14)18)11-13-5-2-1-3-6-13/h1-6,14-15,18H,7-9,11-12H2. The summed E-state index contributed by atoms with van der Waals surface area (Å²) in [6.07, 6.45) is 2.60. The van der Waals surface area contributed by atoms with Crippen LogP contribution in [0, 0.1) is 5.92 Å². The molecule has 1 aliphatic rings. The van der Waals surface area contributed by atoms with Gasteiger partial charge in [0.15, 0.2) is 0 Å². The van der Waals surface area contributed by atoms with Crippen molar-refractivity contribution in [3.05, 3.63) is 42.0 Å². The lowest BCUT2D eigenvalue weighted by molar-refractivity contribution is 0.0252. The number of allylic oxidation sites excluding steroid dienone is 1.